The van der Waals surface area contributed by atoms with Crippen LogP contribution in [0.4, 0.5) is 0 Å². The lowest BCUT2D eigenvalue weighted by Crippen LogP contribution is -2.22. The zero-order chi connectivity index (χ0) is 18.0. The number of amides is 1. The average Bonchev–Trinajstić information content (AvgIpc) is 2.57. The van der Waals surface area contributed by atoms with Gasteiger partial charge in [-0.2, -0.15) is 0 Å². The van der Waals surface area contributed by atoms with Crippen LogP contribution in [0.15, 0.2) is 24.0 Å². The van der Waals surface area contributed by atoms with E-state index in [-0.39, 0.29) is 5.91 Å². The fraction of sp³-hybridized carbons (Fsp3) is 0.438. The summed E-state index contributed by atoms with van der Waals surface area (Å²) in [4.78, 5) is 10.9. The number of hydrogen-bond acceptors (Lipinski definition) is 6. The quantitative estimate of drug-likeness (QED) is 0.497. The molecule has 1 N–H and O–H groups in total. The van der Waals surface area contributed by atoms with Crippen LogP contribution in [-0.4, -0.2) is 39.0 Å². The van der Waals surface area contributed by atoms with Gasteiger partial charge < -0.3 is 19.3 Å². The Labute approximate surface area is 147 Å². The van der Waals surface area contributed by atoms with Crippen LogP contribution in [-0.2, 0) is 13.9 Å². The van der Waals surface area contributed by atoms with Crippen molar-refractivity contribution in [1.82, 2.24) is 5.32 Å². The Morgan fingerprint density at radius 3 is 2.58 bits per heavy atom. The number of rotatable bonds is 10. The summed E-state index contributed by atoms with van der Waals surface area (Å²) in [6, 6.07) is 5.43. The number of carbonyl (C=O) groups excluding carboxylic acids is 1. The van der Waals surface area contributed by atoms with Crippen LogP contribution in [0.3, 0.4) is 0 Å². The minimum Gasteiger partial charge on any atom is -0.493 e. The fourth-order valence-corrected chi connectivity index (χ4v) is 5.26. The van der Waals surface area contributed by atoms with Gasteiger partial charge in [0.25, 0.3) is 6.57 Å². The van der Waals surface area contributed by atoms with Crippen molar-refractivity contribution in [3.8, 4) is 11.5 Å². The number of benzene rings is 1. The first-order chi connectivity index (χ1) is 11.4. The van der Waals surface area contributed by atoms with Crippen LogP contribution in [0.5, 0.6) is 11.5 Å². The van der Waals surface area contributed by atoms with Gasteiger partial charge in [-0.3, -0.25) is 9.36 Å². The Kier molecular flexibility index (Phi) is 8.97. The summed E-state index contributed by atoms with van der Waals surface area (Å²) in [6.07, 6.45) is 1.74. The SMILES string of the molecule is CCOP(=O)(/C=C/c1ccc(OC)c(OC)c1)SCCNC(C)=O. The van der Waals surface area contributed by atoms with Crippen molar-refractivity contribution in [2.45, 2.75) is 13.8 Å². The van der Waals surface area contributed by atoms with E-state index in [0.29, 0.717) is 30.4 Å². The van der Waals surface area contributed by atoms with Gasteiger partial charge in [0.1, 0.15) is 0 Å². The average molecular weight is 373 g/mol. The van der Waals surface area contributed by atoms with E-state index < -0.39 is 6.57 Å². The number of hydrogen-bond donors (Lipinski definition) is 1. The van der Waals surface area contributed by atoms with E-state index in [9.17, 15) is 9.36 Å². The Hall–Kier alpha value is -1.43. The summed E-state index contributed by atoms with van der Waals surface area (Å²) in [5.41, 5.74) is 0.829. The van der Waals surface area contributed by atoms with Gasteiger partial charge in [-0.15, -0.1) is 0 Å². The smallest absolute Gasteiger partial charge is 0.280 e. The van der Waals surface area contributed by atoms with Crippen molar-refractivity contribution in [1.29, 1.82) is 0 Å². The summed E-state index contributed by atoms with van der Waals surface area (Å²) in [6.45, 7) is 1.06. The summed E-state index contributed by atoms with van der Waals surface area (Å²) in [5, 5.41) is 2.67. The zero-order valence-corrected chi connectivity index (χ0v) is 16.1. The lowest BCUT2D eigenvalue weighted by molar-refractivity contribution is -0.118. The molecule has 0 fully saturated rings. The van der Waals surface area contributed by atoms with E-state index in [1.54, 1.807) is 45.2 Å². The third-order valence-electron chi connectivity index (χ3n) is 2.91. The van der Waals surface area contributed by atoms with Crippen molar-refractivity contribution in [2.24, 2.45) is 0 Å². The molecule has 1 amide bonds. The molecule has 0 aliphatic carbocycles. The normalized spacial score (nSPS) is 13.5. The van der Waals surface area contributed by atoms with Crippen LogP contribution in [0.2, 0.25) is 0 Å². The monoisotopic (exact) mass is 373 g/mol. The fourth-order valence-electron chi connectivity index (χ4n) is 1.84. The second-order valence-corrected chi connectivity index (χ2v) is 9.31. The van der Waals surface area contributed by atoms with E-state index in [2.05, 4.69) is 5.32 Å². The largest absolute Gasteiger partial charge is 0.493 e. The molecule has 0 aliphatic heterocycles. The Bertz CT molecular complexity index is 620. The second kappa shape index (κ2) is 10.4. The highest BCUT2D eigenvalue weighted by molar-refractivity contribution is 8.57. The Morgan fingerprint density at radius 1 is 1.29 bits per heavy atom. The van der Waals surface area contributed by atoms with Gasteiger partial charge in [0.2, 0.25) is 5.91 Å². The van der Waals surface area contributed by atoms with E-state index >= 15 is 0 Å². The third kappa shape index (κ3) is 6.99. The summed E-state index contributed by atoms with van der Waals surface area (Å²) in [7, 11) is 3.14. The molecule has 8 heteroatoms. The maximum Gasteiger partial charge on any atom is 0.280 e. The molecule has 0 aromatic heterocycles. The van der Waals surface area contributed by atoms with Gasteiger partial charge >= 0.3 is 0 Å². The predicted molar refractivity (Wildman–Crippen MR) is 99.0 cm³/mol. The molecule has 24 heavy (non-hydrogen) atoms. The van der Waals surface area contributed by atoms with Gasteiger partial charge in [-0.25, -0.2) is 0 Å². The molecule has 0 bridgehead atoms. The van der Waals surface area contributed by atoms with Crippen LogP contribution in [0.1, 0.15) is 19.4 Å². The first-order valence-corrected chi connectivity index (χ1v) is 10.8. The molecule has 0 aliphatic rings. The minimum absolute atomic E-state index is 0.109. The number of methoxy groups -OCH3 is 2. The number of ether oxygens (including phenoxy) is 2. The molecule has 1 aromatic carbocycles. The molecular formula is C16H24NO5PS. The molecule has 0 radical (unpaired) electrons. The standard InChI is InChI=1S/C16H24NO5PS/c1-5-22-23(19,24-11-9-17-13(2)18)10-8-14-6-7-15(20-3)16(12-14)21-4/h6-8,10,12H,5,9,11H2,1-4H3,(H,17,18)/b10-8+. The van der Waals surface area contributed by atoms with Crippen molar-refractivity contribution >= 4 is 29.9 Å². The van der Waals surface area contributed by atoms with Crippen molar-refractivity contribution in [3.63, 3.8) is 0 Å². The van der Waals surface area contributed by atoms with Crippen LogP contribution >= 0.6 is 18.0 Å². The van der Waals surface area contributed by atoms with E-state index in [4.69, 9.17) is 14.0 Å². The summed E-state index contributed by atoms with van der Waals surface area (Å²) >= 11 is 1.20. The van der Waals surface area contributed by atoms with E-state index in [1.807, 2.05) is 6.07 Å². The van der Waals surface area contributed by atoms with Gasteiger partial charge in [-0.05, 0) is 30.7 Å². The van der Waals surface area contributed by atoms with Gasteiger partial charge in [-0.1, -0.05) is 17.4 Å². The van der Waals surface area contributed by atoms with Crippen LogP contribution in [0.25, 0.3) is 6.08 Å². The second-order valence-electron chi connectivity index (χ2n) is 4.70. The van der Waals surface area contributed by atoms with Crippen molar-refractivity contribution in [2.75, 3.05) is 33.1 Å². The third-order valence-corrected chi connectivity index (χ3v) is 7.10. The van der Waals surface area contributed by atoms with Gasteiger partial charge in [0, 0.05) is 25.0 Å². The first kappa shape index (κ1) is 20.6. The Balaban J connectivity index is 2.80. The van der Waals surface area contributed by atoms with E-state index in [0.717, 1.165) is 5.56 Å². The van der Waals surface area contributed by atoms with Crippen molar-refractivity contribution in [3.05, 3.63) is 29.6 Å². The number of nitrogens with one attached hydrogen (secondary N) is 1. The first-order valence-electron chi connectivity index (χ1n) is 7.48. The topological polar surface area (TPSA) is 73.9 Å². The molecule has 6 nitrogen and oxygen atoms in total. The summed E-state index contributed by atoms with van der Waals surface area (Å²) < 4.78 is 28.7. The molecule has 1 aromatic rings. The number of carbonyl (C=O) groups is 1. The van der Waals surface area contributed by atoms with Crippen LogP contribution in [0, 0.1) is 0 Å². The highest BCUT2D eigenvalue weighted by atomic mass is 32.7. The minimum atomic E-state index is -2.97. The molecule has 0 saturated carbocycles. The molecule has 1 unspecified atom stereocenters. The Morgan fingerprint density at radius 2 is 2.00 bits per heavy atom. The summed E-state index contributed by atoms with van der Waals surface area (Å²) in [5.74, 6) is 3.21. The lowest BCUT2D eigenvalue weighted by Gasteiger charge is -2.13. The molecule has 0 spiro atoms. The lowest BCUT2D eigenvalue weighted by atomic mass is 10.2. The highest BCUT2D eigenvalue weighted by Crippen LogP contribution is 2.61. The van der Waals surface area contributed by atoms with Crippen molar-refractivity contribution < 1.29 is 23.4 Å². The van der Waals surface area contributed by atoms with Gasteiger partial charge in [0.15, 0.2) is 11.5 Å². The van der Waals surface area contributed by atoms with Crippen LogP contribution < -0.4 is 14.8 Å². The molecule has 0 heterocycles. The zero-order valence-electron chi connectivity index (χ0n) is 14.4. The maximum absolute atomic E-state index is 12.8. The predicted octanol–water partition coefficient (Wildman–Crippen LogP) is 3.77. The maximum atomic E-state index is 12.8. The van der Waals surface area contributed by atoms with Gasteiger partial charge in [0.05, 0.1) is 20.8 Å². The highest BCUT2D eigenvalue weighted by Gasteiger charge is 2.19. The molecule has 0 saturated heterocycles. The molecule has 1 rings (SSSR count). The molecule has 134 valence electrons. The molecule has 1 atom stereocenters. The molecular weight excluding hydrogens is 349 g/mol. The van der Waals surface area contributed by atoms with E-state index in [1.165, 1.54) is 18.3 Å².